The van der Waals surface area contributed by atoms with Crippen LogP contribution in [0.3, 0.4) is 0 Å². The second kappa shape index (κ2) is 12.5. The minimum atomic E-state index is -0.327. The van der Waals surface area contributed by atoms with E-state index in [0.29, 0.717) is 0 Å². The number of aromatic nitrogens is 2. The summed E-state index contributed by atoms with van der Waals surface area (Å²) in [4.78, 5) is 6.87. The third kappa shape index (κ3) is 4.80. The molecule has 0 radical (unpaired) electrons. The van der Waals surface area contributed by atoms with Gasteiger partial charge >= 0.3 is 0 Å². The summed E-state index contributed by atoms with van der Waals surface area (Å²) in [6.07, 6.45) is -0.327. The normalized spacial score (nSPS) is 14.2. The number of hydrogen-bond donors (Lipinski definition) is 1. The van der Waals surface area contributed by atoms with E-state index < -0.39 is 0 Å². The Hall–Kier alpha value is -7.47. The zero-order valence-corrected chi connectivity index (χ0v) is 32.6. The van der Waals surface area contributed by atoms with E-state index in [0.717, 1.165) is 39.4 Å². The molecule has 0 amide bonds. The van der Waals surface area contributed by atoms with Crippen LogP contribution in [0.5, 0.6) is 0 Å². The molecule has 1 unspecified atom stereocenters. The molecular formula is C54H34N4S. The molecule has 0 aliphatic carbocycles. The van der Waals surface area contributed by atoms with Crippen LogP contribution in [0.25, 0.3) is 86.6 Å². The van der Waals surface area contributed by atoms with Crippen LogP contribution in [0.1, 0.15) is 22.2 Å². The molecule has 1 aliphatic heterocycles. The lowest BCUT2D eigenvalue weighted by atomic mass is 9.95. The van der Waals surface area contributed by atoms with Crippen molar-refractivity contribution < 1.29 is 0 Å². The number of anilines is 1. The lowest BCUT2D eigenvalue weighted by Gasteiger charge is -2.26. The van der Waals surface area contributed by atoms with Gasteiger partial charge in [-0.3, -0.25) is 4.99 Å². The smallest absolute Gasteiger partial charge is 0.146 e. The first kappa shape index (κ1) is 32.6. The standard InChI is InChI=1S/C54H34N4S/c1-2-16-36(17-3-1)57-47-29-28-37(58-45-23-11-8-19-39(45)40-20-9-12-24-46(40)58)31-44(47)50-41-21-7-6-18-38(41)43(32-48(50)57)54-55-51(35-27-26-33-14-4-5-15-34(33)30-35)53-52(56-54)42-22-10-13-25-49(42)59-53/h1-32,54,56H. The van der Waals surface area contributed by atoms with Gasteiger partial charge in [0.25, 0.3) is 0 Å². The lowest BCUT2D eigenvalue weighted by Crippen LogP contribution is -2.19. The monoisotopic (exact) mass is 770 g/mol. The summed E-state index contributed by atoms with van der Waals surface area (Å²) in [6, 6.07) is 70.7. The lowest BCUT2D eigenvalue weighted by molar-refractivity contribution is 0.841. The van der Waals surface area contributed by atoms with Gasteiger partial charge in [0.15, 0.2) is 0 Å². The van der Waals surface area contributed by atoms with Crippen LogP contribution < -0.4 is 5.32 Å². The zero-order chi connectivity index (χ0) is 38.6. The van der Waals surface area contributed by atoms with Crippen LogP contribution in [-0.4, -0.2) is 14.8 Å². The quantitative estimate of drug-likeness (QED) is 0.190. The van der Waals surface area contributed by atoms with Crippen molar-refractivity contribution in [2.24, 2.45) is 4.99 Å². The average molecular weight is 771 g/mol. The van der Waals surface area contributed by atoms with Crippen molar-refractivity contribution in [3.05, 3.63) is 210 Å². The SMILES string of the molecule is c1ccc(-n2c3ccc(-n4c5ccccc5c5ccccc54)cc3c3c4ccccc4c(C4N=C(c5ccc6ccccc6c5)c5sc6ccccc6c5N4)cc32)cc1. The van der Waals surface area contributed by atoms with Gasteiger partial charge in [0.1, 0.15) is 6.17 Å². The molecule has 12 aromatic rings. The van der Waals surface area contributed by atoms with Gasteiger partial charge in [-0.2, -0.15) is 0 Å². The summed E-state index contributed by atoms with van der Waals surface area (Å²) in [5, 5.41) is 15.0. The molecule has 0 saturated carbocycles. The Balaban J connectivity index is 1.10. The first-order chi connectivity index (χ1) is 29.3. The maximum Gasteiger partial charge on any atom is 0.146 e. The molecule has 0 fully saturated rings. The van der Waals surface area contributed by atoms with Crippen molar-refractivity contribution >= 4 is 98.0 Å². The fourth-order valence-corrected chi connectivity index (χ4v) is 10.9. The minimum absolute atomic E-state index is 0.327. The van der Waals surface area contributed by atoms with Gasteiger partial charge in [-0.15, -0.1) is 11.3 Å². The van der Waals surface area contributed by atoms with Crippen LogP contribution in [0.15, 0.2) is 199 Å². The summed E-state index contributed by atoms with van der Waals surface area (Å²) in [6.45, 7) is 0. The van der Waals surface area contributed by atoms with E-state index in [9.17, 15) is 0 Å². The molecule has 1 N–H and O–H groups in total. The van der Waals surface area contributed by atoms with E-state index in [4.69, 9.17) is 4.99 Å². The molecule has 3 aromatic heterocycles. The van der Waals surface area contributed by atoms with Crippen molar-refractivity contribution in [3.8, 4) is 11.4 Å². The number of para-hydroxylation sites is 3. The third-order valence-corrected chi connectivity index (χ3v) is 13.5. The predicted molar refractivity (Wildman–Crippen MR) is 250 cm³/mol. The number of nitrogens with one attached hydrogen (secondary N) is 1. The molecule has 1 aliphatic rings. The zero-order valence-electron chi connectivity index (χ0n) is 31.8. The van der Waals surface area contributed by atoms with Crippen LogP contribution in [0.2, 0.25) is 0 Å². The number of benzene rings is 9. The third-order valence-electron chi connectivity index (χ3n) is 12.3. The van der Waals surface area contributed by atoms with E-state index in [1.165, 1.54) is 74.6 Å². The number of rotatable bonds is 4. The fraction of sp³-hybridized carbons (Fsp3) is 0.0185. The van der Waals surface area contributed by atoms with E-state index in [1.54, 1.807) is 0 Å². The highest BCUT2D eigenvalue weighted by Gasteiger charge is 2.29. The van der Waals surface area contributed by atoms with Crippen LogP contribution in [-0.2, 0) is 0 Å². The second-order valence-electron chi connectivity index (χ2n) is 15.5. The molecule has 0 saturated heterocycles. The van der Waals surface area contributed by atoms with Crippen molar-refractivity contribution in [2.45, 2.75) is 6.17 Å². The summed E-state index contributed by atoms with van der Waals surface area (Å²) < 4.78 is 6.12. The molecule has 4 heterocycles. The Morgan fingerprint density at radius 2 is 1.07 bits per heavy atom. The highest BCUT2D eigenvalue weighted by atomic mass is 32.1. The van der Waals surface area contributed by atoms with Crippen molar-refractivity contribution in [1.29, 1.82) is 0 Å². The Bertz CT molecular complexity index is 3660. The first-order valence-corrected chi connectivity index (χ1v) is 21.0. The van der Waals surface area contributed by atoms with Crippen LogP contribution in [0.4, 0.5) is 5.69 Å². The van der Waals surface area contributed by atoms with Gasteiger partial charge in [0.2, 0.25) is 0 Å². The van der Waals surface area contributed by atoms with Gasteiger partial charge in [-0.1, -0.05) is 133 Å². The summed E-state index contributed by atoms with van der Waals surface area (Å²) in [5.41, 5.74) is 11.5. The molecule has 4 nitrogen and oxygen atoms in total. The minimum Gasteiger partial charge on any atom is -0.358 e. The van der Waals surface area contributed by atoms with Gasteiger partial charge in [-0.05, 0) is 82.2 Å². The molecule has 0 spiro atoms. The second-order valence-corrected chi connectivity index (χ2v) is 16.6. The molecular weight excluding hydrogens is 737 g/mol. The summed E-state index contributed by atoms with van der Waals surface area (Å²) >= 11 is 1.82. The number of hydrogen-bond acceptors (Lipinski definition) is 3. The Morgan fingerprint density at radius 1 is 0.441 bits per heavy atom. The van der Waals surface area contributed by atoms with Gasteiger partial charge in [0.05, 0.1) is 38.3 Å². The van der Waals surface area contributed by atoms with Gasteiger partial charge < -0.3 is 14.5 Å². The van der Waals surface area contributed by atoms with E-state index in [2.05, 4.69) is 209 Å². The molecule has 0 bridgehead atoms. The van der Waals surface area contributed by atoms with Crippen molar-refractivity contribution in [2.75, 3.05) is 5.32 Å². The first-order valence-electron chi connectivity index (χ1n) is 20.2. The molecule has 276 valence electrons. The Labute approximate surface area is 343 Å². The maximum atomic E-state index is 5.69. The fourth-order valence-electron chi connectivity index (χ4n) is 9.72. The average Bonchev–Trinajstić information content (AvgIpc) is 3.96. The van der Waals surface area contributed by atoms with Crippen LogP contribution >= 0.6 is 11.3 Å². The highest BCUT2D eigenvalue weighted by Crippen LogP contribution is 2.47. The topological polar surface area (TPSA) is 34.2 Å². The molecule has 13 rings (SSSR count). The summed E-state index contributed by atoms with van der Waals surface area (Å²) in [5.74, 6) is 0. The van der Waals surface area contributed by atoms with E-state index >= 15 is 0 Å². The number of aliphatic imine (C=N–C) groups is 1. The van der Waals surface area contributed by atoms with Gasteiger partial charge in [-0.25, -0.2) is 0 Å². The van der Waals surface area contributed by atoms with Crippen molar-refractivity contribution in [3.63, 3.8) is 0 Å². The number of thiophene rings is 1. The van der Waals surface area contributed by atoms with Crippen LogP contribution in [0, 0.1) is 0 Å². The predicted octanol–water partition coefficient (Wildman–Crippen LogP) is 14.4. The Morgan fingerprint density at radius 3 is 1.86 bits per heavy atom. The van der Waals surface area contributed by atoms with Gasteiger partial charge in [0, 0.05) is 54.1 Å². The van der Waals surface area contributed by atoms with E-state index in [-0.39, 0.29) is 6.17 Å². The molecule has 1 atom stereocenters. The maximum absolute atomic E-state index is 5.69. The molecule has 9 aromatic carbocycles. The van der Waals surface area contributed by atoms with Crippen molar-refractivity contribution in [1.82, 2.24) is 9.13 Å². The number of nitrogens with zero attached hydrogens (tertiary/aromatic N) is 3. The molecule has 59 heavy (non-hydrogen) atoms. The number of fused-ring (bicyclic) bond motifs is 12. The van der Waals surface area contributed by atoms with E-state index in [1.807, 2.05) is 11.3 Å². The molecule has 5 heteroatoms. The largest absolute Gasteiger partial charge is 0.358 e. The summed E-state index contributed by atoms with van der Waals surface area (Å²) in [7, 11) is 0. The highest BCUT2D eigenvalue weighted by molar-refractivity contribution is 7.22. The Kier molecular flexibility index (Phi) is 6.91.